The minimum Gasteiger partial charge on any atom is -0.455 e. The molecular weight excluding hydrogens is 1090 g/mol. The summed E-state index contributed by atoms with van der Waals surface area (Å²) in [6.07, 6.45) is 10.3. The van der Waals surface area contributed by atoms with Crippen LogP contribution in [0.15, 0.2) is 114 Å². The molecule has 17 nitrogen and oxygen atoms in total. The molecule has 13 atom stereocenters. The number of hydrogen-bond donors (Lipinski definition) is 3. The minimum absolute atomic E-state index is 0.106. The molecular formula is C68H89NO16. The van der Waals surface area contributed by atoms with Gasteiger partial charge in [-0.25, -0.2) is 14.4 Å². The van der Waals surface area contributed by atoms with Gasteiger partial charge < -0.3 is 53.4 Å². The lowest BCUT2D eigenvalue weighted by Crippen LogP contribution is -2.81. The molecule has 4 fully saturated rings. The van der Waals surface area contributed by atoms with Crippen molar-refractivity contribution in [2.75, 3.05) is 19.8 Å². The third kappa shape index (κ3) is 14.4. The van der Waals surface area contributed by atoms with E-state index in [9.17, 15) is 29.4 Å². The van der Waals surface area contributed by atoms with Gasteiger partial charge in [-0.2, -0.15) is 0 Å². The van der Waals surface area contributed by atoms with Gasteiger partial charge in [-0.1, -0.05) is 158 Å². The molecule has 2 saturated heterocycles. The van der Waals surface area contributed by atoms with Crippen molar-refractivity contribution < 1.29 is 76.9 Å². The molecule has 5 aliphatic rings. The number of carbonyl (C=O) groups is 6. The molecule has 2 aliphatic heterocycles. The van der Waals surface area contributed by atoms with Crippen molar-refractivity contribution in [3.8, 4) is 0 Å². The van der Waals surface area contributed by atoms with Crippen molar-refractivity contribution in [1.82, 2.24) is 5.32 Å². The second-order valence-electron chi connectivity index (χ2n) is 24.6. The molecule has 3 aliphatic carbocycles. The fraction of sp³-hybridized carbons (Fsp3) is 0.588. The van der Waals surface area contributed by atoms with Crippen molar-refractivity contribution in [3.63, 3.8) is 0 Å². The summed E-state index contributed by atoms with van der Waals surface area (Å²) in [5, 5.41) is 29.1. The number of Topliss-reactive ketones (excluding diaryl/α,β-unsaturated/α-hetero) is 1. The second-order valence-corrected chi connectivity index (χ2v) is 24.6. The van der Waals surface area contributed by atoms with Crippen molar-refractivity contribution in [1.29, 1.82) is 0 Å². The quantitative estimate of drug-likeness (QED) is 0.0279. The van der Waals surface area contributed by atoms with Crippen molar-refractivity contribution in [2.24, 2.45) is 22.7 Å². The third-order valence-corrected chi connectivity index (χ3v) is 18.6. The number of aliphatic hydroxyl groups is 2. The van der Waals surface area contributed by atoms with Gasteiger partial charge in [0.15, 0.2) is 11.9 Å². The number of ether oxygens (including phenoxy) is 8. The summed E-state index contributed by atoms with van der Waals surface area (Å²) in [5.41, 5.74) is -5.85. The highest BCUT2D eigenvalue weighted by molar-refractivity contribution is 5.95. The van der Waals surface area contributed by atoms with Crippen LogP contribution in [0.4, 0.5) is 4.79 Å². The molecule has 462 valence electrons. The van der Waals surface area contributed by atoms with Gasteiger partial charge >= 0.3 is 24.1 Å². The maximum atomic E-state index is 15.6. The highest BCUT2D eigenvalue weighted by Gasteiger charge is 2.77. The number of aliphatic hydroxyl groups excluding tert-OH is 1. The maximum absolute atomic E-state index is 15.6. The third-order valence-electron chi connectivity index (χ3n) is 18.6. The van der Waals surface area contributed by atoms with Gasteiger partial charge in [0.25, 0.3) is 5.91 Å². The lowest BCUT2D eigenvalue weighted by Gasteiger charge is -2.67. The van der Waals surface area contributed by atoms with Gasteiger partial charge in [-0.3, -0.25) is 14.4 Å². The summed E-state index contributed by atoms with van der Waals surface area (Å²) in [6.45, 7) is 11.4. The van der Waals surface area contributed by atoms with Crippen LogP contribution in [-0.2, 0) is 52.3 Å². The molecule has 2 unspecified atom stereocenters. The normalized spacial score (nSPS) is 29.2. The number of ketones is 1. The second kappa shape index (κ2) is 29.0. The Labute approximate surface area is 500 Å². The number of esters is 3. The van der Waals surface area contributed by atoms with E-state index < -0.39 is 125 Å². The first-order valence-corrected chi connectivity index (χ1v) is 30.9. The lowest BCUT2D eigenvalue weighted by molar-refractivity contribution is -0.345. The van der Waals surface area contributed by atoms with Crippen LogP contribution in [0.25, 0.3) is 0 Å². The summed E-state index contributed by atoms with van der Waals surface area (Å²) in [7, 11) is 0. The van der Waals surface area contributed by atoms with Gasteiger partial charge in [0.2, 0.25) is 6.10 Å². The Balaban J connectivity index is 1.03. The van der Waals surface area contributed by atoms with E-state index in [2.05, 4.69) is 24.4 Å². The van der Waals surface area contributed by atoms with Crippen LogP contribution < -0.4 is 5.32 Å². The predicted octanol–water partition coefficient (Wildman–Crippen LogP) is 11.4. The average molecular weight is 1180 g/mol. The molecule has 3 N–H and O–H groups in total. The topological polar surface area (TPSA) is 229 Å². The number of rotatable bonds is 27. The Bertz CT molecular complexity index is 2820. The Morgan fingerprint density at radius 3 is 2.00 bits per heavy atom. The number of unbranched alkanes of at least 4 members (excludes halogenated alkanes) is 11. The van der Waals surface area contributed by atoms with Crippen molar-refractivity contribution in [3.05, 3.63) is 131 Å². The van der Waals surface area contributed by atoms with E-state index in [0.29, 0.717) is 23.1 Å². The van der Waals surface area contributed by atoms with Crippen LogP contribution in [0.2, 0.25) is 0 Å². The van der Waals surface area contributed by atoms with E-state index in [0.717, 1.165) is 44.9 Å². The number of nitrogens with one attached hydrogen (secondary N) is 1. The predicted molar refractivity (Wildman–Crippen MR) is 316 cm³/mol. The van der Waals surface area contributed by atoms with E-state index in [1.54, 1.807) is 113 Å². The van der Waals surface area contributed by atoms with Crippen molar-refractivity contribution in [2.45, 2.75) is 211 Å². The zero-order valence-electron chi connectivity index (χ0n) is 50.6. The average Bonchev–Trinajstić information content (AvgIpc) is 0.828. The molecule has 2 heterocycles. The number of carbonyl (C=O) groups excluding carboxylic acids is 6. The Morgan fingerprint density at radius 1 is 0.788 bits per heavy atom. The molecule has 85 heavy (non-hydrogen) atoms. The summed E-state index contributed by atoms with van der Waals surface area (Å²) in [5.74, 6) is -6.40. The zero-order chi connectivity index (χ0) is 60.9. The highest BCUT2D eigenvalue weighted by atomic mass is 16.8. The summed E-state index contributed by atoms with van der Waals surface area (Å²) in [6, 6.07) is 23.3. The molecule has 3 aromatic rings. The van der Waals surface area contributed by atoms with Crippen molar-refractivity contribution >= 4 is 35.8 Å². The smallest absolute Gasteiger partial charge is 0.455 e. The summed E-state index contributed by atoms with van der Waals surface area (Å²) in [4.78, 5) is 87.0. The van der Waals surface area contributed by atoms with Crippen LogP contribution in [-0.4, -0.2) is 120 Å². The minimum atomic E-state index is -2.29. The van der Waals surface area contributed by atoms with Crippen LogP contribution >= 0.6 is 0 Å². The maximum Gasteiger partial charge on any atom is 0.509 e. The number of amides is 1. The number of hydrogen-bond acceptors (Lipinski definition) is 16. The zero-order valence-corrected chi connectivity index (χ0v) is 50.6. The van der Waals surface area contributed by atoms with Crippen LogP contribution in [0.3, 0.4) is 0 Å². The molecule has 0 radical (unpaired) electrons. The Morgan fingerprint density at radius 2 is 1.39 bits per heavy atom. The highest BCUT2D eigenvalue weighted by Crippen LogP contribution is 2.65. The first-order valence-electron chi connectivity index (χ1n) is 30.9. The van der Waals surface area contributed by atoms with Gasteiger partial charge in [0.05, 0.1) is 36.2 Å². The fourth-order valence-electron chi connectivity index (χ4n) is 14.0. The monoisotopic (exact) mass is 1180 g/mol. The van der Waals surface area contributed by atoms with E-state index >= 15 is 9.59 Å². The molecule has 2 bridgehead atoms. The number of benzene rings is 3. The van der Waals surface area contributed by atoms with Gasteiger partial charge in [-0.15, -0.1) is 0 Å². The molecule has 8 rings (SSSR count). The SMILES string of the molecule is CCCCCCCC/C=C\CCCCCCCC1OCC(COC(=O)O[C@H](C(=O)O[C@H]2C[C@@]3(O)[C@@H](OC(=O)c4ccccc4)[C@H]4[C@]5(OC(C)=O)CO[C@H]5C[C@H](O)[C@@]4(C)C(=O)[C@H](C)C(=C2C)C3(C)C)[C@@H](NC(=O)c2ccccc2)c2ccccc2)O1. The van der Waals surface area contributed by atoms with Crippen LogP contribution in [0, 0.1) is 22.7 Å². The first kappa shape index (κ1) is 64.8. The van der Waals surface area contributed by atoms with Gasteiger partial charge in [-0.05, 0) is 93.3 Å². The Hall–Kier alpha value is -6.24. The number of fused-ring (bicyclic) bond motifs is 5. The van der Waals surface area contributed by atoms with E-state index in [-0.39, 0.29) is 37.4 Å². The van der Waals surface area contributed by atoms with E-state index in [1.807, 2.05) is 0 Å². The summed E-state index contributed by atoms with van der Waals surface area (Å²) < 4.78 is 48.9. The molecule has 2 saturated carbocycles. The molecule has 0 spiro atoms. The standard InChI is InChI=1S/C68H89NO16/c1-8-9-10-11-12-13-14-15-16-17-18-19-20-21-31-38-54-78-41-50(81-54)42-79-64(76)83-57(56(47-32-25-22-26-33-47)69-61(73)48-34-27-23-28-35-48)63(75)82-51-40-68(77)60(84-62(74)49-36-29-24-30-37-49)58-66(7,59(72)45(3)55(44(51)2)65(68,5)6)52(71)39-53-67(58,43-80-53)85-46(4)70/h15-16,22-30,32-37,45,50-54,56-58,60,71,77H,8-14,17-21,31,38-43H2,1-7H3,(H,69,73)/b16-15-/t45-,50?,51+,52+,53+,54?,56+,57+,58-,60+,66-,67+,68-/m1/s1. The summed E-state index contributed by atoms with van der Waals surface area (Å²) >= 11 is 0. The van der Waals surface area contributed by atoms with E-state index in [4.69, 9.17) is 37.9 Å². The van der Waals surface area contributed by atoms with Gasteiger partial charge in [0.1, 0.15) is 48.4 Å². The van der Waals surface area contributed by atoms with E-state index in [1.165, 1.54) is 57.6 Å². The molecule has 1 amide bonds. The first-order chi connectivity index (χ1) is 40.8. The van der Waals surface area contributed by atoms with Crippen LogP contribution in [0.5, 0.6) is 0 Å². The molecule has 3 aromatic carbocycles. The fourth-order valence-corrected chi connectivity index (χ4v) is 14.0. The molecule has 0 aromatic heterocycles. The molecule has 17 heteroatoms. The van der Waals surface area contributed by atoms with Gasteiger partial charge in [0, 0.05) is 36.7 Å². The largest absolute Gasteiger partial charge is 0.509 e. The Kier molecular flexibility index (Phi) is 22.1. The number of allylic oxidation sites excluding steroid dienone is 2. The van der Waals surface area contributed by atoms with Crippen LogP contribution in [0.1, 0.15) is 184 Å². The lowest BCUT2D eigenvalue weighted by atomic mass is 9.43.